The van der Waals surface area contributed by atoms with Crippen LogP contribution in [0.4, 0.5) is 0 Å². The molecule has 0 amide bonds. The summed E-state index contributed by atoms with van der Waals surface area (Å²) in [4.78, 5) is 29.2. The Morgan fingerprint density at radius 3 is 2.28 bits per heavy atom. The van der Waals surface area contributed by atoms with Gasteiger partial charge in [0, 0.05) is 28.2 Å². The highest BCUT2D eigenvalue weighted by atomic mass is 16.5. The van der Waals surface area contributed by atoms with Crippen LogP contribution in [0, 0.1) is 0 Å². The normalized spacial score (nSPS) is 11.8. The number of ether oxygens (including phenoxy) is 2. The lowest BCUT2D eigenvalue weighted by molar-refractivity contribution is 0.0280. The number of hydrogen-bond donors (Lipinski definition) is 1. The summed E-state index contributed by atoms with van der Waals surface area (Å²) >= 11 is 0. The predicted octanol–water partition coefficient (Wildman–Crippen LogP) is 4.96. The van der Waals surface area contributed by atoms with Gasteiger partial charge < -0.3 is 14.5 Å². The lowest BCUT2D eigenvalue weighted by Crippen LogP contribution is -2.20. The van der Waals surface area contributed by atoms with Gasteiger partial charge in [-0.15, -0.1) is 0 Å². The molecular weight excluding hydrogens is 366 g/mol. The van der Waals surface area contributed by atoms with Gasteiger partial charge in [0.25, 0.3) is 0 Å². The highest BCUT2D eigenvalue weighted by Crippen LogP contribution is 2.28. The zero-order chi connectivity index (χ0) is 20.2. The number of fused-ring (bicyclic) bond motifs is 1. The Balaban J connectivity index is 1.68. The van der Waals surface area contributed by atoms with Crippen LogP contribution in [-0.2, 0) is 4.74 Å². The SMILES string of the molecule is COc1ccc(C(=O)OC(C(=O)c2c[nH]c3ccccc23)c2ccccc2)cc1. The number of aromatic amines is 1. The summed E-state index contributed by atoms with van der Waals surface area (Å²) in [5.41, 5.74) is 2.30. The molecule has 4 aromatic rings. The van der Waals surface area contributed by atoms with E-state index in [4.69, 9.17) is 9.47 Å². The van der Waals surface area contributed by atoms with Gasteiger partial charge in [0.05, 0.1) is 12.7 Å². The first-order valence-electron chi connectivity index (χ1n) is 9.17. The number of methoxy groups -OCH3 is 1. The van der Waals surface area contributed by atoms with E-state index in [1.807, 2.05) is 42.5 Å². The summed E-state index contributed by atoms with van der Waals surface area (Å²) in [5.74, 6) is -0.221. The largest absolute Gasteiger partial charge is 0.497 e. The first kappa shape index (κ1) is 18.5. The molecule has 1 N–H and O–H groups in total. The number of carbonyl (C=O) groups is 2. The molecule has 0 fully saturated rings. The van der Waals surface area contributed by atoms with Crippen LogP contribution in [0.15, 0.2) is 85.1 Å². The maximum Gasteiger partial charge on any atom is 0.339 e. The minimum Gasteiger partial charge on any atom is -0.497 e. The minimum atomic E-state index is -1.05. The highest BCUT2D eigenvalue weighted by Gasteiger charge is 2.28. The maximum atomic E-state index is 13.4. The van der Waals surface area contributed by atoms with Gasteiger partial charge in [-0.1, -0.05) is 48.5 Å². The van der Waals surface area contributed by atoms with Crippen LogP contribution in [0.25, 0.3) is 10.9 Å². The smallest absolute Gasteiger partial charge is 0.339 e. The first-order valence-corrected chi connectivity index (χ1v) is 9.17. The van der Waals surface area contributed by atoms with E-state index < -0.39 is 12.1 Å². The molecule has 3 aromatic carbocycles. The molecule has 5 nitrogen and oxygen atoms in total. The zero-order valence-corrected chi connectivity index (χ0v) is 15.8. The van der Waals surface area contributed by atoms with E-state index in [2.05, 4.69) is 4.98 Å². The second kappa shape index (κ2) is 8.02. The van der Waals surface area contributed by atoms with Gasteiger partial charge in [-0.2, -0.15) is 0 Å². The standard InChI is InChI=1S/C24H19NO4/c1-28-18-13-11-17(12-14-18)24(27)29-23(16-7-3-2-4-8-16)22(26)20-15-25-21-10-6-5-9-19(20)21/h2-15,23,25H,1H3. The third kappa shape index (κ3) is 3.75. The quantitative estimate of drug-likeness (QED) is 0.376. The number of H-pyrrole nitrogens is 1. The third-order valence-electron chi connectivity index (χ3n) is 4.75. The molecule has 0 bridgehead atoms. The molecule has 144 valence electrons. The molecule has 4 rings (SSSR count). The van der Waals surface area contributed by atoms with Crippen molar-refractivity contribution in [3.63, 3.8) is 0 Å². The molecule has 0 saturated carbocycles. The Labute approximate surface area is 167 Å². The fourth-order valence-electron chi connectivity index (χ4n) is 3.22. The Hall–Kier alpha value is -3.86. The van der Waals surface area contributed by atoms with Crippen LogP contribution in [-0.4, -0.2) is 23.8 Å². The molecular formula is C24H19NO4. The van der Waals surface area contributed by atoms with E-state index >= 15 is 0 Å². The molecule has 1 heterocycles. The lowest BCUT2D eigenvalue weighted by Gasteiger charge is -2.17. The topological polar surface area (TPSA) is 68.4 Å². The van der Waals surface area contributed by atoms with Gasteiger partial charge in [-0.05, 0) is 30.3 Å². The second-order valence-corrected chi connectivity index (χ2v) is 6.54. The van der Waals surface area contributed by atoms with Gasteiger partial charge in [-0.25, -0.2) is 4.79 Å². The average Bonchev–Trinajstić information content (AvgIpc) is 3.22. The summed E-state index contributed by atoms with van der Waals surface area (Å²) in [6.07, 6.45) is 0.606. The first-order chi connectivity index (χ1) is 14.2. The highest BCUT2D eigenvalue weighted by molar-refractivity contribution is 6.11. The van der Waals surface area contributed by atoms with Crippen molar-refractivity contribution in [3.05, 3.63) is 102 Å². The van der Waals surface area contributed by atoms with E-state index in [1.165, 1.54) is 0 Å². The van der Waals surface area contributed by atoms with Crippen LogP contribution in [0.1, 0.15) is 32.4 Å². The van der Waals surface area contributed by atoms with Crippen molar-refractivity contribution in [2.45, 2.75) is 6.10 Å². The van der Waals surface area contributed by atoms with E-state index in [1.54, 1.807) is 49.7 Å². The zero-order valence-electron chi connectivity index (χ0n) is 15.8. The van der Waals surface area contributed by atoms with E-state index in [9.17, 15) is 9.59 Å². The van der Waals surface area contributed by atoms with Crippen molar-refractivity contribution in [1.82, 2.24) is 4.98 Å². The monoisotopic (exact) mass is 385 g/mol. The maximum absolute atomic E-state index is 13.4. The number of para-hydroxylation sites is 1. The number of nitrogens with one attached hydrogen (secondary N) is 1. The van der Waals surface area contributed by atoms with Crippen molar-refractivity contribution in [2.24, 2.45) is 0 Å². The van der Waals surface area contributed by atoms with Crippen molar-refractivity contribution in [2.75, 3.05) is 7.11 Å². The molecule has 5 heteroatoms. The third-order valence-corrected chi connectivity index (χ3v) is 4.75. The van der Waals surface area contributed by atoms with E-state index in [-0.39, 0.29) is 5.78 Å². The average molecular weight is 385 g/mol. The number of esters is 1. The fraction of sp³-hybridized carbons (Fsp3) is 0.0833. The van der Waals surface area contributed by atoms with Gasteiger partial charge in [0.15, 0.2) is 6.10 Å². The van der Waals surface area contributed by atoms with Gasteiger partial charge in [0.1, 0.15) is 5.75 Å². The number of ketones is 1. The lowest BCUT2D eigenvalue weighted by atomic mass is 9.99. The van der Waals surface area contributed by atoms with Crippen molar-refractivity contribution < 1.29 is 19.1 Å². The minimum absolute atomic E-state index is 0.282. The number of rotatable bonds is 6. The van der Waals surface area contributed by atoms with Crippen molar-refractivity contribution in [1.29, 1.82) is 0 Å². The van der Waals surface area contributed by atoms with Gasteiger partial charge >= 0.3 is 5.97 Å². The van der Waals surface area contributed by atoms with Crippen LogP contribution < -0.4 is 4.74 Å². The summed E-state index contributed by atoms with van der Waals surface area (Å²) < 4.78 is 10.8. The van der Waals surface area contributed by atoms with Crippen molar-refractivity contribution in [3.8, 4) is 5.75 Å². The molecule has 0 aliphatic carbocycles. The molecule has 0 spiro atoms. The van der Waals surface area contributed by atoms with Crippen LogP contribution in [0.3, 0.4) is 0 Å². The fourth-order valence-corrected chi connectivity index (χ4v) is 3.22. The number of carbonyl (C=O) groups excluding carboxylic acids is 2. The van der Waals surface area contributed by atoms with Crippen LogP contribution >= 0.6 is 0 Å². The number of benzene rings is 3. The Bertz CT molecular complexity index is 1150. The number of aromatic nitrogens is 1. The summed E-state index contributed by atoms with van der Waals surface area (Å²) in [5, 5.41) is 0.791. The molecule has 1 aromatic heterocycles. The number of Topliss-reactive ketones (excluding diaryl/α,β-unsaturated/α-hetero) is 1. The van der Waals surface area contributed by atoms with E-state index in [0.29, 0.717) is 22.4 Å². The Morgan fingerprint density at radius 1 is 0.862 bits per heavy atom. The Kier molecular flexibility index (Phi) is 5.12. The van der Waals surface area contributed by atoms with Crippen LogP contribution in [0.2, 0.25) is 0 Å². The van der Waals surface area contributed by atoms with Crippen molar-refractivity contribution >= 4 is 22.7 Å². The second-order valence-electron chi connectivity index (χ2n) is 6.54. The summed E-state index contributed by atoms with van der Waals surface area (Å²) in [6.45, 7) is 0. The van der Waals surface area contributed by atoms with Gasteiger partial charge in [-0.3, -0.25) is 4.79 Å². The molecule has 29 heavy (non-hydrogen) atoms. The molecule has 0 aliphatic rings. The number of hydrogen-bond acceptors (Lipinski definition) is 4. The molecule has 0 radical (unpaired) electrons. The summed E-state index contributed by atoms with van der Waals surface area (Å²) in [7, 11) is 1.55. The van der Waals surface area contributed by atoms with Crippen LogP contribution in [0.5, 0.6) is 5.75 Å². The molecule has 1 atom stereocenters. The Morgan fingerprint density at radius 2 is 1.55 bits per heavy atom. The van der Waals surface area contributed by atoms with Gasteiger partial charge in [0.2, 0.25) is 5.78 Å². The summed E-state index contributed by atoms with van der Waals surface area (Å²) in [6, 6.07) is 23.1. The molecule has 1 unspecified atom stereocenters. The molecule has 0 aliphatic heterocycles. The van der Waals surface area contributed by atoms with E-state index in [0.717, 1.165) is 10.9 Å². The molecule has 0 saturated heterocycles. The predicted molar refractivity (Wildman–Crippen MR) is 110 cm³/mol.